The van der Waals surface area contributed by atoms with Crippen molar-refractivity contribution in [1.82, 2.24) is 4.98 Å². The number of methoxy groups -OCH3 is 1. The van der Waals surface area contributed by atoms with Crippen LogP contribution in [-0.4, -0.2) is 18.1 Å². The number of hydrogen-bond acceptors (Lipinski definition) is 3. The maximum atomic E-state index is 5.65. The fraction of sp³-hybridized carbons (Fsp3) is 0.444. The molecule has 1 rings (SSSR count). The molecule has 66 valence electrons. The van der Waals surface area contributed by atoms with Crippen molar-refractivity contribution in [3.8, 4) is 5.88 Å². The number of hydrogen-bond donors (Lipinski definition) is 1. The lowest BCUT2D eigenvalue weighted by molar-refractivity contribution is 0.397. The van der Waals surface area contributed by atoms with E-state index in [1.807, 2.05) is 19.1 Å². The molecule has 0 unspecified atom stereocenters. The van der Waals surface area contributed by atoms with E-state index in [9.17, 15) is 0 Å². The molecule has 1 aromatic rings. The van der Waals surface area contributed by atoms with Crippen molar-refractivity contribution in [2.45, 2.75) is 19.4 Å². The van der Waals surface area contributed by atoms with Gasteiger partial charge in [0.1, 0.15) is 0 Å². The molecule has 0 aromatic carbocycles. The van der Waals surface area contributed by atoms with Gasteiger partial charge in [-0.15, -0.1) is 0 Å². The summed E-state index contributed by atoms with van der Waals surface area (Å²) in [6.07, 6.45) is 2.59. The quantitative estimate of drug-likeness (QED) is 0.728. The minimum absolute atomic E-state index is 0.178. The molecule has 0 aliphatic carbocycles. The molecule has 0 radical (unpaired) electrons. The SMILES string of the molecule is COc1cc(C[C@@H](C)N)ccn1. The van der Waals surface area contributed by atoms with Crippen LogP contribution in [0.3, 0.4) is 0 Å². The first-order valence-corrected chi connectivity index (χ1v) is 3.97. The second kappa shape index (κ2) is 4.07. The standard InChI is InChI=1S/C9H14N2O/c1-7(10)5-8-3-4-11-9(6-8)12-2/h3-4,6-7H,5,10H2,1-2H3/t7-/m1/s1. The predicted octanol–water partition coefficient (Wildman–Crippen LogP) is 0.980. The van der Waals surface area contributed by atoms with E-state index >= 15 is 0 Å². The Kier molecular flexibility index (Phi) is 3.05. The van der Waals surface area contributed by atoms with E-state index < -0.39 is 0 Å². The highest BCUT2D eigenvalue weighted by Gasteiger charge is 1.99. The van der Waals surface area contributed by atoms with Gasteiger partial charge in [-0.2, -0.15) is 0 Å². The van der Waals surface area contributed by atoms with E-state index in [-0.39, 0.29) is 6.04 Å². The van der Waals surface area contributed by atoms with Crippen LogP contribution in [0, 0.1) is 0 Å². The molecule has 3 nitrogen and oxygen atoms in total. The normalized spacial score (nSPS) is 12.6. The summed E-state index contributed by atoms with van der Waals surface area (Å²) in [6.45, 7) is 1.98. The Hall–Kier alpha value is -1.09. The molecule has 1 aromatic heterocycles. The Labute approximate surface area is 72.6 Å². The van der Waals surface area contributed by atoms with E-state index in [1.54, 1.807) is 13.3 Å². The molecular formula is C9H14N2O. The van der Waals surface area contributed by atoms with Crippen LogP contribution < -0.4 is 10.5 Å². The highest BCUT2D eigenvalue weighted by Crippen LogP contribution is 2.09. The van der Waals surface area contributed by atoms with Crippen molar-refractivity contribution in [1.29, 1.82) is 0 Å². The third-order valence-corrected chi connectivity index (χ3v) is 1.57. The minimum Gasteiger partial charge on any atom is -0.481 e. The van der Waals surface area contributed by atoms with Gasteiger partial charge in [0.15, 0.2) is 0 Å². The summed E-state index contributed by atoms with van der Waals surface area (Å²) in [5, 5.41) is 0. The van der Waals surface area contributed by atoms with Crippen molar-refractivity contribution in [2.75, 3.05) is 7.11 Å². The number of nitrogens with two attached hydrogens (primary N) is 1. The second-order valence-corrected chi connectivity index (χ2v) is 2.89. The summed E-state index contributed by atoms with van der Waals surface area (Å²) in [7, 11) is 1.61. The van der Waals surface area contributed by atoms with Gasteiger partial charge in [0.2, 0.25) is 5.88 Å². The van der Waals surface area contributed by atoms with Gasteiger partial charge in [-0.1, -0.05) is 0 Å². The Balaban J connectivity index is 2.72. The molecule has 0 amide bonds. The molecule has 0 spiro atoms. The largest absolute Gasteiger partial charge is 0.481 e. The van der Waals surface area contributed by atoms with Crippen molar-refractivity contribution >= 4 is 0 Å². The Morgan fingerprint density at radius 1 is 1.67 bits per heavy atom. The first-order valence-electron chi connectivity index (χ1n) is 3.97. The summed E-state index contributed by atoms with van der Waals surface area (Å²) in [6, 6.07) is 4.03. The van der Waals surface area contributed by atoms with Crippen LogP contribution in [0.2, 0.25) is 0 Å². The number of aromatic nitrogens is 1. The van der Waals surface area contributed by atoms with Gasteiger partial charge < -0.3 is 10.5 Å². The molecule has 0 aliphatic heterocycles. The van der Waals surface area contributed by atoms with Crippen LogP contribution in [0.4, 0.5) is 0 Å². The topological polar surface area (TPSA) is 48.1 Å². The Morgan fingerprint density at radius 2 is 2.42 bits per heavy atom. The van der Waals surface area contributed by atoms with Gasteiger partial charge >= 0.3 is 0 Å². The van der Waals surface area contributed by atoms with Crippen LogP contribution in [0.15, 0.2) is 18.3 Å². The van der Waals surface area contributed by atoms with Crippen LogP contribution in [-0.2, 0) is 6.42 Å². The average Bonchev–Trinajstić information content (AvgIpc) is 2.03. The fourth-order valence-corrected chi connectivity index (χ4v) is 1.06. The van der Waals surface area contributed by atoms with Gasteiger partial charge in [-0.25, -0.2) is 4.98 Å². The molecule has 2 N–H and O–H groups in total. The summed E-state index contributed by atoms with van der Waals surface area (Å²) in [5.41, 5.74) is 6.82. The van der Waals surface area contributed by atoms with Crippen LogP contribution in [0.5, 0.6) is 5.88 Å². The monoisotopic (exact) mass is 166 g/mol. The van der Waals surface area contributed by atoms with E-state index in [1.165, 1.54) is 0 Å². The smallest absolute Gasteiger partial charge is 0.213 e. The lowest BCUT2D eigenvalue weighted by atomic mass is 10.1. The zero-order valence-electron chi connectivity index (χ0n) is 7.45. The average molecular weight is 166 g/mol. The van der Waals surface area contributed by atoms with Gasteiger partial charge in [0, 0.05) is 18.3 Å². The minimum atomic E-state index is 0.178. The molecular weight excluding hydrogens is 152 g/mol. The molecule has 0 fully saturated rings. The first kappa shape index (κ1) is 9.00. The first-order chi connectivity index (χ1) is 5.72. The molecule has 0 aliphatic rings. The van der Waals surface area contributed by atoms with E-state index in [0.717, 1.165) is 12.0 Å². The lowest BCUT2D eigenvalue weighted by Crippen LogP contribution is -2.17. The maximum absolute atomic E-state index is 5.65. The zero-order valence-corrected chi connectivity index (χ0v) is 7.45. The molecule has 0 saturated carbocycles. The van der Waals surface area contributed by atoms with Crippen molar-refractivity contribution in [2.24, 2.45) is 5.73 Å². The fourth-order valence-electron chi connectivity index (χ4n) is 1.06. The van der Waals surface area contributed by atoms with Crippen molar-refractivity contribution in [3.05, 3.63) is 23.9 Å². The van der Waals surface area contributed by atoms with Crippen LogP contribution >= 0.6 is 0 Å². The van der Waals surface area contributed by atoms with Gasteiger partial charge in [-0.05, 0) is 25.0 Å². The van der Waals surface area contributed by atoms with Gasteiger partial charge in [0.25, 0.3) is 0 Å². The molecule has 1 heterocycles. The number of nitrogens with zero attached hydrogens (tertiary/aromatic N) is 1. The van der Waals surface area contributed by atoms with Crippen LogP contribution in [0.25, 0.3) is 0 Å². The maximum Gasteiger partial charge on any atom is 0.213 e. The summed E-state index contributed by atoms with van der Waals surface area (Å²) >= 11 is 0. The second-order valence-electron chi connectivity index (χ2n) is 2.89. The summed E-state index contributed by atoms with van der Waals surface area (Å²) < 4.78 is 4.98. The number of pyridine rings is 1. The lowest BCUT2D eigenvalue weighted by Gasteiger charge is -2.05. The molecule has 0 bridgehead atoms. The summed E-state index contributed by atoms with van der Waals surface area (Å²) in [5.74, 6) is 0.646. The van der Waals surface area contributed by atoms with E-state index in [4.69, 9.17) is 10.5 Å². The molecule has 12 heavy (non-hydrogen) atoms. The Morgan fingerprint density at radius 3 is 3.00 bits per heavy atom. The number of rotatable bonds is 3. The van der Waals surface area contributed by atoms with Gasteiger partial charge in [0.05, 0.1) is 7.11 Å². The van der Waals surface area contributed by atoms with Crippen molar-refractivity contribution in [3.63, 3.8) is 0 Å². The Bertz CT molecular complexity index is 248. The third kappa shape index (κ3) is 2.51. The summed E-state index contributed by atoms with van der Waals surface area (Å²) in [4.78, 5) is 4.00. The molecule has 0 saturated heterocycles. The molecule has 1 atom stereocenters. The van der Waals surface area contributed by atoms with E-state index in [0.29, 0.717) is 5.88 Å². The van der Waals surface area contributed by atoms with Crippen molar-refractivity contribution < 1.29 is 4.74 Å². The number of ether oxygens (including phenoxy) is 1. The third-order valence-electron chi connectivity index (χ3n) is 1.57. The molecule has 3 heteroatoms. The van der Waals surface area contributed by atoms with E-state index in [2.05, 4.69) is 4.98 Å². The van der Waals surface area contributed by atoms with Gasteiger partial charge in [-0.3, -0.25) is 0 Å². The highest BCUT2D eigenvalue weighted by molar-refractivity contribution is 5.20. The highest BCUT2D eigenvalue weighted by atomic mass is 16.5. The predicted molar refractivity (Wildman–Crippen MR) is 48.1 cm³/mol. The van der Waals surface area contributed by atoms with Crippen LogP contribution in [0.1, 0.15) is 12.5 Å². The zero-order chi connectivity index (χ0) is 8.97.